The molecule has 44 heavy (non-hydrogen) atoms. The number of hydrogen-bond donors (Lipinski definition) is 1. The van der Waals surface area contributed by atoms with Crippen LogP contribution in [0.15, 0.2) is 60.7 Å². The van der Waals surface area contributed by atoms with Crippen LogP contribution in [0.25, 0.3) is 0 Å². The van der Waals surface area contributed by atoms with Crippen LogP contribution < -0.4 is 33.7 Å². The topological polar surface area (TPSA) is 105 Å². The van der Waals surface area contributed by atoms with Crippen LogP contribution in [-0.4, -0.2) is 63.9 Å². The molecule has 0 aromatic heterocycles. The van der Waals surface area contributed by atoms with Crippen LogP contribution in [0, 0.1) is 0 Å². The Morgan fingerprint density at radius 2 is 1.52 bits per heavy atom. The molecule has 0 radical (unpaired) electrons. The number of carbonyl (C=O) groups excluding carboxylic acids is 2. The fourth-order valence-electron chi connectivity index (χ4n) is 5.81. The average Bonchev–Trinajstić information content (AvgIpc) is 3.07. The van der Waals surface area contributed by atoms with Crippen LogP contribution >= 0.6 is 0 Å². The first-order chi connectivity index (χ1) is 21.4. The molecule has 3 aromatic carbocycles. The number of nitrogens with one attached hydrogen (secondary N) is 1. The Kier molecular flexibility index (Phi) is 9.99. The molecule has 1 aliphatic heterocycles. The lowest BCUT2D eigenvalue weighted by atomic mass is 9.94. The van der Waals surface area contributed by atoms with Crippen molar-refractivity contribution < 1.29 is 38.0 Å². The van der Waals surface area contributed by atoms with Crippen LogP contribution in [-0.2, 0) is 16.1 Å². The highest BCUT2D eigenvalue weighted by atomic mass is 16.6. The number of hydrogen-bond acceptors (Lipinski definition) is 8. The zero-order valence-corrected chi connectivity index (χ0v) is 25.7. The SMILES string of the molecule is COc1ccc(CN(C(=O)[C@@H]2COc3ccccc3O2)[C@H](C(=O)NC2CCCCC2)c2cc(OC)c(OC)c(OC)c2)cc1. The third-order valence-corrected chi connectivity index (χ3v) is 8.09. The first-order valence-electron chi connectivity index (χ1n) is 14.9. The largest absolute Gasteiger partial charge is 0.497 e. The molecule has 1 fully saturated rings. The van der Waals surface area contributed by atoms with Gasteiger partial charge >= 0.3 is 0 Å². The molecular formula is C34H40N2O8. The van der Waals surface area contributed by atoms with E-state index in [2.05, 4.69) is 5.32 Å². The summed E-state index contributed by atoms with van der Waals surface area (Å²) >= 11 is 0. The number of methoxy groups -OCH3 is 4. The van der Waals surface area contributed by atoms with E-state index in [9.17, 15) is 9.59 Å². The van der Waals surface area contributed by atoms with Gasteiger partial charge in [-0.15, -0.1) is 0 Å². The first kappa shape index (κ1) is 30.8. The summed E-state index contributed by atoms with van der Waals surface area (Å²) in [6, 6.07) is 17.0. The molecule has 234 valence electrons. The third kappa shape index (κ3) is 6.79. The minimum absolute atomic E-state index is 0.00117. The second-order valence-corrected chi connectivity index (χ2v) is 10.9. The zero-order chi connectivity index (χ0) is 31.1. The van der Waals surface area contributed by atoms with Crippen LogP contribution in [0.5, 0.6) is 34.5 Å². The maximum absolute atomic E-state index is 14.5. The Labute approximate surface area is 258 Å². The van der Waals surface area contributed by atoms with Gasteiger partial charge in [-0.05, 0) is 60.4 Å². The number of nitrogens with zero attached hydrogens (tertiary/aromatic N) is 1. The molecule has 0 spiro atoms. The van der Waals surface area contributed by atoms with Crippen LogP contribution in [0.4, 0.5) is 0 Å². The molecule has 10 heteroatoms. The average molecular weight is 605 g/mol. The molecule has 2 aliphatic rings. The van der Waals surface area contributed by atoms with Gasteiger partial charge in [0.25, 0.3) is 5.91 Å². The monoisotopic (exact) mass is 604 g/mol. The summed E-state index contributed by atoms with van der Waals surface area (Å²) in [6.45, 7) is 0.116. The molecule has 3 aromatic rings. The second kappa shape index (κ2) is 14.2. The van der Waals surface area contributed by atoms with E-state index in [1.54, 1.807) is 36.3 Å². The van der Waals surface area contributed by atoms with Gasteiger partial charge in [0.15, 0.2) is 23.0 Å². The standard InChI is InChI=1S/C34H40N2O8/c1-39-25-16-14-22(15-17-25)20-36(34(38)30-21-43-26-12-8-9-13-27(26)44-30)31(33(37)35-24-10-6-5-7-11-24)23-18-28(40-2)32(42-4)29(19-23)41-3/h8-9,12-19,24,30-31H,5-7,10-11,20-21H2,1-4H3,(H,35,37)/t30-,31-/m0/s1. The Morgan fingerprint density at radius 3 is 2.14 bits per heavy atom. The molecule has 2 amide bonds. The van der Waals surface area contributed by atoms with Gasteiger partial charge < -0.3 is 38.6 Å². The predicted octanol–water partition coefficient (Wildman–Crippen LogP) is 5.08. The molecule has 0 saturated heterocycles. The molecular weight excluding hydrogens is 564 g/mol. The Hall–Kier alpha value is -4.60. The molecule has 5 rings (SSSR count). The number of carbonyl (C=O) groups is 2. The van der Waals surface area contributed by atoms with Gasteiger partial charge in [0.05, 0.1) is 28.4 Å². The Balaban J connectivity index is 1.59. The van der Waals surface area contributed by atoms with E-state index in [1.807, 2.05) is 36.4 Å². The van der Waals surface area contributed by atoms with Crippen LogP contribution in [0.2, 0.25) is 0 Å². The smallest absolute Gasteiger partial charge is 0.268 e. The van der Waals surface area contributed by atoms with E-state index in [-0.39, 0.29) is 25.1 Å². The molecule has 1 N–H and O–H groups in total. The molecule has 0 unspecified atom stereocenters. The van der Waals surface area contributed by atoms with Crippen molar-refractivity contribution in [1.82, 2.24) is 10.2 Å². The van der Waals surface area contributed by atoms with Gasteiger partial charge in [0.2, 0.25) is 17.8 Å². The van der Waals surface area contributed by atoms with Gasteiger partial charge in [-0.3, -0.25) is 9.59 Å². The van der Waals surface area contributed by atoms with E-state index in [0.717, 1.165) is 37.7 Å². The van der Waals surface area contributed by atoms with Crippen LogP contribution in [0.1, 0.15) is 49.3 Å². The summed E-state index contributed by atoms with van der Waals surface area (Å²) in [7, 11) is 6.15. The van der Waals surface area contributed by atoms with Crippen molar-refractivity contribution in [3.8, 4) is 34.5 Å². The van der Waals surface area contributed by atoms with E-state index < -0.39 is 18.1 Å². The highest BCUT2D eigenvalue weighted by Gasteiger charge is 2.39. The van der Waals surface area contributed by atoms with Crippen molar-refractivity contribution in [1.29, 1.82) is 0 Å². The van der Waals surface area contributed by atoms with Crippen molar-refractivity contribution in [2.24, 2.45) is 0 Å². The molecule has 2 atom stereocenters. The molecule has 1 aliphatic carbocycles. The fraction of sp³-hybridized carbons (Fsp3) is 0.412. The van der Waals surface area contributed by atoms with Gasteiger partial charge in [-0.1, -0.05) is 43.5 Å². The summed E-state index contributed by atoms with van der Waals surface area (Å²) in [5, 5.41) is 3.24. The molecule has 1 saturated carbocycles. The minimum atomic E-state index is -1.05. The fourth-order valence-corrected chi connectivity index (χ4v) is 5.81. The molecule has 1 heterocycles. The number of amides is 2. The highest BCUT2D eigenvalue weighted by molar-refractivity contribution is 5.91. The summed E-state index contributed by atoms with van der Waals surface area (Å²) in [5.41, 5.74) is 1.31. The number of benzene rings is 3. The van der Waals surface area contributed by atoms with Gasteiger partial charge in [0, 0.05) is 12.6 Å². The van der Waals surface area contributed by atoms with Crippen molar-refractivity contribution in [2.75, 3.05) is 35.0 Å². The quantitative estimate of drug-likeness (QED) is 0.323. The maximum atomic E-state index is 14.5. The lowest BCUT2D eigenvalue weighted by molar-refractivity contribution is -0.149. The number of ether oxygens (including phenoxy) is 6. The lowest BCUT2D eigenvalue weighted by Crippen LogP contribution is -2.52. The predicted molar refractivity (Wildman–Crippen MR) is 164 cm³/mol. The maximum Gasteiger partial charge on any atom is 0.268 e. The van der Waals surface area contributed by atoms with Gasteiger partial charge in [-0.25, -0.2) is 0 Å². The Bertz CT molecular complexity index is 1410. The van der Waals surface area contributed by atoms with Crippen molar-refractivity contribution in [3.05, 3.63) is 71.8 Å². The minimum Gasteiger partial charge on any atom is -0.497 e. The number of para-hydroxylation sites is 2. The summed E-state index contributed by atoms with van der Waals surface area (Å²) in [4.78, 5) is 30.4. The third-order valence-electron chi connectivity index (χ3n) is 8.09. The van der Waals surface area contributed by atoms with Crippen LogP contribution in [0.3, 0.4) is 0 Å². The van der Waals surface area contributed by atoms with E-state index in [1.165, 1.54) is 21.3 Å². The van der Waals surface area contributed by atoms with Gasteiger partial charge in [-0.2, -0.15) is 0 Å². The second-order valence-electron chi connectivity index (χ2n) is 10.9. The first-order valence-corrected chi connectivity index (χ1v) is 14.9. The van der Waals surface area contributed by atoms with E-state index in [0.29, 0.717) is 40.1 Å². The normalized spacial score (nSPS) is 16.8. The summed E-state index contributed by atoms with van der Waals surface area (Å²) in [6.07, 6.45) is 4.02. The Morgan fingerprint density at radius 1 is 0.864 bits per heavy atom. The highest BCUT2D eigenvalue weighted by Crippen LogP contribution is 2.42. The number of rotatable bonds is 11. The van der Waals surface area contributed by atoms with Gasteiger partial charge in [0.1, 0.15) is 18.4 Å². The van der Waals surface area contributed by atoms with Crippen molar-refractivity contribution >= 4 is 11.8 Å². The van der Waals surface area contributed by atoms with Crippen molar-refractivity contribution in [3.63, 3.8) is 0 Å². The van der Waals surface area contributed by atoms with E-state index in [4.69, 9.17) is 28.4 Å². The molecule has 0 bridgehead atoms. The number of fused-ring (bicyclic) bond motifs is 1. The molecule has 10 nitrogen and oxygen atoms in total. The zero-order valence-electron chi connectivity index (χ0n) is 25.7. The summed E-state index contributed by atoms with van der Waals surface area (Å²) < 4.78 is 34.2. The summed E-state index contributed by atoms with van der Waals surface area (Å²) in [5.74, 6) is 2.16. The van der Waals surface area contributed by atoms with Crippen molar-refractivity contribution in [2.45, 2.75) is 56.8 Å². The van der Waals surface area contributed by atoms with E-state index >= 15 is 0 Å². The lowest BCUT2D eigenvalue weighted by Gasteiger charge is -2.36.